The average molecular weight is 310 g/mol. The van der Waals surface area contributed by atoms with E-state index in [1.54, 1.807) is 12.1 Å². The highest BCUT2D eigenvalue weighted by atomic mass is 16.6. The van der Waals surface area contributed by atoms with E-state index in [4.69, 9.17) is 0 Å². The van der Waals surface area contributed by atoms with E-state index in [2.05, 4.69) is 4.99 Å². The van der Waals surface area contributed by atoms with Gasteiger partial charge in [0.15, 0.2) is 5.78 Å². The van der Waals surface area contributed by atoms with Crippen LogP contribution in [0.4, 0.5) is 5.69 Å². The molecule has 116 valence electrons. The first kappa shape index (κ1) is 14.0. The van der Waals surface area contributed by atoms with Crippen LogP contribution in [0.5, 0.6) is 0 Å². The molecule has 1 aromatic carbocycles. The summed E-state index contributed by atoms with van der Waals surface area (Å²) < 4.78 is 0. The first-order valence-corrected chi connectivity index (χ1v) is 7.67. The zero-order valence-corrected chi connectivity index (χ0v) is 12.3. The van der Waals surface area contributed by atoms with Gasteiger partial charge in [-0.25, -0.2) is 0 Å². The van der Waals surface area contributed by atoms with E-state index in [1.165, 1.54) is 12.1 Å². The summed E-state index contributed by atoms with van der Waals surface area (Å²) in [5.74, 6) is -0.759. The summed E-state index contributed by atoms with van der Waals surface area (Å²) in [6.07, 6.45) is 2.07. The Kier molecular flexibility index (Phi) is 3.01. The summed E-state index contributed by atoms with van der Waals surface area (Å²) in [6.45, 7) is 0. The molecule has 6 heteroatoms. The molecule has 1 aromatic rings. The molecule has 1 heterocycles. The topological polar surface area (TPSA) is 89.6 Å². The first-order valence-electron chi connectivity index (χ1n) is 7.67. The van der Waals surface area contributed by atoms with E-state index in [0.717, 1.165) is 11.4 Å². The van der Waals surface area contributed by atoms with E-state index >= 15 is 0 Å². The fraction of sp³-hybridized carbons (Fsp3) is 0.353. The second kappa shape index (κ2) is 4.94. The highest BCUT2D eigenvalue weighted by Crippen LogP contribution is 2.47. The second-order valence-corrected chi connectivity index (χ2v) is 6.16. The van der Waals surface area contributed by atoms with Crippen LogP contribution in [0.2, 0.25) is 0 Å². The molecule has 1 fully saturated rings. The number of fused-ring (bicyclic) bond motifs is 1. The number of hydrogen-bond donors (Lipinski definition) is 0. The summed E-state index contributed by atoms with van der Waals surface area (Å²) in [5, 5.41) is 11.1. The number of benzene rings is 1. The van der Waals surface area contributed by atoms with Crippen molar-refractivity contribution >= 4 is 23.0 Å². The van der Waals surface area contributed by atoms with Gasteiger partial charge < -0.3 is 0 Å². The van der Waals surface area contributed by atoms with Crippen molar-refractivity contribution in [3.63, 3.8) is 0 Å². The van der Waals surface area contributed by atoms with Crippen LogP contribution in [-0.4, -0.2) is 22.2 Å². The fourth-order valence-electron chi connectivity index (χ4n) is 3.91. The van der Waals surface area contributed by atoms with Crippen LogP contribution < -0.4 is 0 Å². The summed E-state index contributed by atoms with van der Waals surface area (Å²) in [6, 6.07) is 6.28. The molecule has 0 amide bonds. The van der Waals surface area contributed by atoms with Crippen molar-refractivity contribution in [2.24, 2.45) is 10.9 Å². The predicted octanol–water partition coefficient (Wildman–Crippen LogP) is 2.73. The van der Waals surface area contributed by atoms with Gasteiger partial charge in [-0.2, -0.15) is 0 Å². The lowest BCUT2D eigenvalue weighted by atomic mass is 9.76. The monoisotopic (exact) mass is 310 g/mol. The van der Waals surface area contributed by atoms with Crippen molar-refractivity contribution in [2.75, 3.05) is 0 Å². The Hall–Kier alpha value is -2.63. The number of carbonyl (C=O) groups is 2. The van der Waals surface area contributed by atoms with E-state index in [0.29, 0.717) is 36.8 Å². The maximum atomic E-state index is 12.4. The SMILES string of the molecule is O=C1CCC2=C1C(c1cccc([N+](=O)[O-])c1)C1C(=O)CCC1=N2. The zero-order valence-electron chi connectivity index (χ0n) is 12.3. The molecule has 23 heavy (non-hydrogen) atoms. The van der Waals surface area contributed by atoms with Crippen LogP contribution in [0.3, 0.4) is 0 Å². The minimum Gasteiger partial charge on any atom is -0.299 e. The van der Waals surface area contributed by atoms with E-state index in [-0.39, 0.29) is 17.3 Å². The normalized spacial score (nSPS) is 26.2. The lowest BCUT2D eigenvalue weighted by Crippen LogP contribution is -2.29. The van der Waals surface area contributed by atoms with Gasteiger partial charge in [0.2, 0.25) is 0 Å². The summed E-state index contributed by atoms with van der Waals surface area (Å²) >= 11 is 0. The Labute approximate surface area is 132 Å². The van der Waals surface area contributed by atoms with Gasteiger partial charge in [0, 0.05) is 47.9 Å². The number of Topliss-reactive ketones (excluding diaryl/α,β-unsaturated/α-hetero) is 2. The molecule has 0 bridgehead atoms. The number of nitrogens with zero attached hydrogens (tertiary/aromatic N) is 2. The van der Waals surface area contributed by atoms with Crippen LogP contribution >= 0.6 is 0 Å². The van der Waals surface area contributed by atoms with Crippen molar-refractivity contribution < 1.29 is 14.5 Å². The molecule has 0 aromatic heterocycles. The zero-order chi connectivity index (χ0) is 16.1. The number of non-ortho nitro benzene ring substituents is 1. The molecule has 0 N–H and O–H groups in total. The number of nitro groups is 1. The molecule has 6 nitrogen and oxygen atoms in total. The summed E-state index contributed by atoms with van der Waals surface area (Å²) in [4.78, 5) is 39.9. The number of nitro benzene ring substituents is 1. The Morgan fingerprint density at radius 1 is 1.09 bits per heavy atom. The van der Waals surface area contributed by atoms with Crippen LogP contribution in [0.25, 0.3) is 0 Å². The Morgan fingerprint density at radius 2 is 1.91 bits per heavy atom. The first-order chi connectivity index (χ1) is 11.1. The highest BCUT2D eigenvalue weighted by Gasteiger charge is 2.46. The molecule has 0 radical (unpaired) electrons. The van der Waals surface area contributed by atoms with Gasteiger partial charge >= 0.3 is 0 Å². The number of rotatable bonds is 2. The number of aliphatic imine (C=N–C) groups is 1. The smallest absolute Gasteiger partial charge is 0.269 e. The lowest BCUT2D eigenvalue weighted by molar-refractivity contribution is -0.384. The van der Waals surface area contributed by atoms with Crippen molar-refractivity contribution in [3.8, 4) is 0 Å². The molecule has 2 unspecified atom stereocenters. The van der Waals surface area contributed by atoms with Crippen molar-refractivity contribution in [1.82, 2.24) is 0 Å². The van der Waals surface area contributed by atoms with Gasteiger partial charge in [-0.05, 0) is 18.4 Å². The third-order valence-electron chi connectivity index (χ3n) is 4.90. The van der Waals surface area contributed by atoms with Crippen molar-refractivity contribution in [2.45, 2.75) is 31.6 Å². The second-order valence-electron chi connectivity index (χ2n) is 6.16. The molecule has 3 aliphatic rings. The Balaban J connectivity index is 1.89. The van der Waals surface area contributed by atoms with Gasteiger partial charge in [0.25, 0.3) is 5.69 Å². The molecule has 4 rings (SSSR count). The number of ketones is 2. The molecule has 0 spiro atoms. The van der Waals surface area contributed by atoms with Crippen LogP contribution in [0.15, 0.2) is 40.5 Å². The summed E-state index contributed by atoms with van der Waals surface area (Å²) in [5.41, 5.74) is 2.83. The van der Waals surface area contributed by atoms with Crippen LogP contribution in [0, 0.1) is 16.0 Å². The van der Waals surface area contributed by atoms with Crippen molar-refractivity contribution in [1.29, 1.82) is 0 Å². The lowest BCUT2D eigenvalue weighted by Gasteiger charge is -2.28. The van der Waals surface area contributed by atoms with Gasteiger partial charge in [-0.3, -0.25) is 24.7 Å². The van der Waals surface area contributed by atoms with E-state index < -0.39 is 16.8 Å². The maximum Gasteiger partial charge on any atom is 0.269 e. The number of allylic oxidation sites excluding steroid dienone is 2. The van der Waals surface area contributed by atoms with Gasteiger partial charge in [0.05, 0.1) is 10.8 Å². The molecule has 2 aliphatic carbocycles. The van der Waals surface area contributed by atoms with Gasteiger partial charge in [-0.15, -0.1) is 0 Å². The average Bonchev–Trinajstić information content (AvgIpc) is 3.10. The quantitative estimate of drug-likeness (QED) is 0.620. The molecule has 0 saturated heterocycles. The number of hydrogen-bond acceptors (Lipinski definition) is 5. The standard InChI is InChI=1S/C17H14N2O4/c20-13-6-4-11-16(13)15(17-12(18-11)5-7-14(17)21)9-2-1-3-10(8-9)19(22)23/h1-3,8,15-16H,4-7H2. The van der Waals surface area contributed by atoms with Crippen molar-refractivity contribution in [3.05, 3.63) is 51.2 Å². The minimum atomic E-state index is -0.455. The van der Waals surface area contributed by atoms with Gasteiger partial charge in [0.1, 0.15) is 5.78 Å². The Bertz CT molecular complexity index is 822. The molecule has 1 saturated carbocycles. The number of carbonyl (C=O) groups excluding carboxylic acids is 2. The third kappa shape index (κ3) is 2.05. The predicted molar refractivity (Wildman–Crippen MR) is 82.3 cm³/mol. The highest BCUT2D eigenvalue weighted by molar-refractivity contribution is 6.16. The summed E-state index contributed by atoms with van der Waals surface area (Å²) in [7, 11) is 0. The maximum absolute atomic E-state index is 12.4. The Morgan fingerprint density at radius 3 is 2.70 bits per heavy atom. The minimum absolute atomic E-state index is 0.0130. The van der Waals surface area contributed by atoms with E-state index in [9.17, 15) is 19.7 Å². The molecular formula is C17H14N2O4. The van der Waals surface area contributed by atoms with E-state index in [1.807, 2.05) is 0 Å². The molecule has 2 atom stereocenters. The third-order valence-corrected chi connectivity index (χ3v) is 4.90. The van der Waals surface area contributed by atoms with Crippen LogP contribution in [-0.2, 0) is 9.59 Å². The fourth-order valence-corrected chi connectivity index (χ4v) is 3.91. The molecular weight excluding hydrogens is 296 g/mol. The molecule has 1 aliphatic heterocycles. The van der Waals surface area contributed by atoms with Gasteiger partial charge in [-0.1, -0.05) is 12.1 Å². The largest absolute Gasteiger partial charge is 0.299 e. The van der Waals surface area contributed by atoms with Crippen LogP contribution in [0.1, 0.15) is 37.2 Å².